The topological polar surface area (TPSA) is 0 Å². The normalized spacial score (nSPS) is 24.9. The Hall–Kier alpha value is -0.823. The van der Waals surface area contributed by atoms with Gasteiger partial charge in [-0.15, -0.1) is 0 Å². The zero-order valence-corrected chi connectivity index (χ0v) is 19.2. The highest BCUT2D eigenvalue weighted by Crippen LogP contribution is 2.50. The van der Waals surface area contributed by atoms with Crippen molar-refractivity contribution >= 4 is 8.07 Å². The number of allylic oxidation sites excluding steroid dienone is 8. The fraction of sp³-hybridized carbons (Fsp3) is 0.667. The van der Waals surface area contributed by atoms with E-state index in [1.807, 2.05) is 0 Å². The molecule has 2 atom stereocenters. The Bertz CT molecular complexity index is 594. The molecule has 0 nitrogen and oxygen atoms in total. The van der Waals surface area contributed by atoms with Gasteiger partial charge in [-0.2, -0.15) is 0 Å². The van der Waals surface area contributed by atoms with Crippen molar-refractivity contribution in [2.75, 3.05) is 0 Å². The maximum absolute atomic E-state index is 3.86. The van der Waals surface area contributed by atoms with Crippen molar-refractivity contribution in [1.82, 2.24) is 0 Å². The quantitative estimate of drug-likeness (QED) is 0.440. The molecule has 0 N–H and O–H groups in total. The van der Waals surface area contributed by atoms with Gasteiger partial charge < -0.3 is 0 Å². The largest absolute Gasteiger partial charge is 0.113 e. The Labute approximate surface area is 158 Å². The summed E-state index contributed by atoms with van der Waals surface area (Å²) in [6.07, 6.45) is 15.0. The van der Waals surface area contributed by atoms with E-state index in [4.69, 9.17) is 0 Å². The first kappa shape index (κ1) is 20.5. The standard InChI is InChI=1S/C24H38Si/c1-11-23(5,6)19-13-17(3)15-21(19)25(9,10)22-16-18(4)14-20(22)24(7,8)12-2/h13-14,17-18H,11-12H2,1-10H3. The Balaban J connectivity index is 2.52. The first-order valence-corrected chi connectivity index (χ1v) is 13.1. The van der Waals surface area contributed by atoms with Gasteiger partial charge in [-0.1, -0.05) is 80.6 Å². The van der Waals surface area contributed by atoms with Gasteiger partial charge in [0.05, 0.1) is 0 Å². The van der Waals surface area contributed by atoms with Crippen LogP contribution in [0.25, 0.3) is 0 Å². The van der Waals surface area contributed by atoms with E-state index in [-0.39, 0.29) is 10.8 Å². The number of hydrogen-bond donors (Lipinski definition) is 0. The van der Waals surface area contributed by atoms with E-state index in [0.29, 0.717) is 11.8 Å². The molecule has 0 spiro atoms. The molecule has 2 aliphatic rings. The molecular formula is C24H38Si. The van der Waals surface area contributed by atoms with E-state index in [2.05, 4.69) is 92.8 Å². The number of rotatable bonds is 6. The van der Waals surface area contributed by atoms with Crippen molar-refractivity contribution in [3.8, 4) is 0 Å². The van der Waals surface area contributed by atoms with Gasteiger partial charge in [0.2, 0.25) is 0 Å². The maximum Gasteiger partial charge on any atom is 0.113 e. The van der Waals surface area contributed by atoms with E-state index in [9.17, 15) is 0 Å². The number of hydrogen-bond acceptors (Lipinski definition) is 0. The highest BCUT2D eigenvalue weighted by molar-refractivity contribution is 6.92. The Morgan fingerprint density at radius 3 is 1.40 bits per heavy atom. The van der Waals surface area contributed by atoms with Gasteiger partial charge in [0.15, 0.2) is 0 Å². The molecule has 0 aromatic heterocycles. The van der Waals surface area contributed by atoms with E-state index in [0.717, 1.165) is 0 Å². The summed E-state index contributed by atoms with van der Waals surface area (Å²) in [4.78, 5) is 0. The summed E-state index contributed by atoms with van der Waals surface area (Å²) < 4.78 is 0. The third-order valence-corrected chi connectivity index (χ3v) is 9.92. The van der Waals surface area contributed by atoms with Crippen molar-refractivity contribution in [1.29, 1.82) is 0 Å². The maximum atomic E-state index is 3.86. The van der Waals surface area contributed by atoms with Gasteiger partial charge in [0.1, 0.15) is 8.07 Å². The molecule has 0 fully saturated rings. The molecular weight excluding hydrogens is 316 g/mol. The average Bonchev–Trinajstić information content (AvgIpc) is 3.12. The van der Waals surface area contributed by atoms with E-state index < -0.39 is 8.07 Å². The SMILES string of the molecule is CCC(C)(C)C1=CC(C)[C]=C1[Si](C)(C)C1=[C]C(C)C=C1C(C)(C)CC. The lowest BCUT2D eigenvalue weighted by Crippen LogP contribution is -2.38. The average molecular weight is 355 g/mol. The van der Waals surface area contributed by atoms with Crippen molar-refractivity contribution in [3.05, 3.63) is 45.8 Å². The summed E-state index contributed by atoms with van der Waals surface area (Å²) in [5.74, 6) is 0.877. The van der Waals surface area contributed by atoms with E-state index in [1.54, 1.807) is 21.5 Å². The molecule has 0 bridgehead atoms. The van der Waals surface area contributed by atoms with Crippen molar-refractivity contribution in [2.45, 2.75) is 81.3 Å². The fourth-order valence-electron chi connectivity index (χ4n) is 4.03. The molecule has 2 rings (SSSR count). The minimum Gasteiger partial charge on any atom is -0.0736 e. The Morgan fingerprint density at radius 2 is 1.12 bits per heavy atom. The summed E-state index contributed by atoms with van der Waals surface area (Å²) in [5.41, 5.74) is 3.57. The second kappa shape index (κ2) is 6.72. The lowest BCUT2D eigenvalue weighted by atomic mass is 9.82. The molecule has 2 aliphatic carbocycles. The predicted octanol–water partition coefficient (Wildman–Crippen LogP) is 7.26. The third-order valence-electron chi connectivity index (χ3n) is 6.59. The van der Waals surface area contributed by atoms with Gasteiger partial charge in [-0.3, -0.25) is 0 Å². The molecule has 0 aromatic rings. The van der Waals surface area contributed by atoms with Crippen molar-refractivity contribution in [3.63, 3.8) is 0 Å². The van der Waals surface area contributed by atoms with Crippen LogP contribution in [0.3, 0.4) is 0 Å². The highest BCUT2D eigenvalue weighted by Gasteiger charge is 2.44. The lowest BCUT2D eigenvalue weighted by Gasteiger charge is -2.38. The van der Waals surface area contributed by atoms with Crippen LogP contribution in [-0.2, 0) is 0 Å². The molecule has 2 unspecified atom stereocenters. The Kier molecular flexibility index (Phi) is 5.51. The van der Waals surface area contributed by atoms with Gasteiger partial charge >= 0.3 is 0 Å². The van der Waals surface area contributed by atoms with Crippen molar-refractivity contribution < 1.29 is 0 Å². The van der Waals surface area contributed by atoms with Crippen LogP contribution in [0.5, 0.6) is 0 Å². The van der Waals surface area contributed by atoms with Crippen LogP contribution < -0.4 is 0 Å². The zero-order valence-electron chi connectivity index (χ0n) is 18.2. The summed E-state index contributed by atoms with van der Waals surface area (Å²) in [7, 11) is -1.82. The van der Waals surface area contributed by atoms with Gasteiger partial charge in [-0.05, 0) is 69.2 Å². The minimum absolute atomic E-state index is 0.228. The molecule has 138 valence electrons. The summed E-state index contributed by atoms with van der Waals surface area (Å²) >= 11 is 0. The first-order valence-electron chi connectivity index (χ1n) is 10.1. The van der Waals surface area contributed by atoms with Gasteiger partial charge in [-0.25, -0.2) is 0 Å². The van der Waals surface area contributed by atoms with Crippen LogP contribution in [0.15, 0.2) is 33.7 Å². The van der Waals surface area contributed by atoms with Crippen LogP contribution in [-0.4, -0.2) is 8.07 Å². The van der Waals surface area contributed by atoms with E-state index >= 15 is 0 Å². The molecule has 0 amide bonds. The molecule has 25 heavy (non-hydrogen) atoms. The van der Waals surface area contributed by atoms with Crippen LogP contribution in [0.4, 0.5) is 0 Å². The zero-order chi connectivity index (χ0) is 19.2. The predicted molar refractivity (Wildman–Crippen MR) is 114 cm³/mol. The third kappa shape index (κ3) is 3.68. The minimum atomic E-state index is -1.82. The molecule has 0 aromatic carbocycles. The molecule has 1 heteroatoms. The summed E-state index contributed by atoms with van der Waals surface area (Å²) in [6.45, 7) is 23.8. The monoisotopic (exact) mass is 354 g/mol. The van der Waals surface area contributed by atoms with Crippen LogP contribution in [0.2, 0.25) is 13.1 Å². The van der Waals surface area contributed by atoms with Gasteiger partial charge in [0.25, 0.3) is 0 Å². The molecule has 2 radical (unpaired) electrons. The molecule has 0 saturated carbocycles. The lowest BCUT2D eigenvalue weighted by molar-refractivity contribution is 0.435. The van der Waals surface area contributed by atoms with Crippen LogP contribution in [0, 0.1) is 34.8 Å². The second-order valence-electron chi connectivity index (χ2n) is 9.88. The fourth-order valence-corrected chi connectivity index (χ4v) is 7.65. The van der Waals surface area contributed by atoms with Crippen LogP contribution >= 0.6 is 0 Å². The van der Waals surface area contributed by atoms with Gasteiger partial charge in [0, 0.05) is 0 Å². The second-order valence-corrected chi connectivity index (χ2v) is 14.1. The first-order chi connectivity index (χ1) is 11.4. The molecule has 0 saturated heterocycles. The molecule has 0 aliphatic heterocycles. The van der Waals surface area contributed by atoms with Crippen LogP contribution in [0.1, 0.15) is 68.2 Å². The molecule has 0 heterocycles. The summed E-state index contributed by atoms with van der Waals surface area (Å²) in [6, 6.07) is 0. The smallest absolute Gasteiger partial charge is 0.0736 e. The summed E-state index contributed by atoms with van der Waals surface area (Å²) in [5, 5.41) is 3.09. The van der Waals surface area contributed by atoms with E-state index in [1.165, 1.54) is 12.8 Å². The Morgan fingerprint density at radius 1 is 0.800 bits per heavy atom. The van der Waals surface area contributed by atoms with Crippen molar-refractivity contribution in [2.24, 2.45) is 22.7 Å². The highest BCUT2D eigenvalue weighted by atomic mass is 28.3.